The van der Waals surface area contributed by atoms with Crippen LogP contribution < -0.4 is 0 Å². The third-order valence-electron chi connectivity index (χ3n) is 3.67. The number of hydrogen-bond acceptors (Lipinski definition) is 3. The molecule has 0 bridgehead atoms. The van der Waals surface area contributed by atoms with Crippen molar-refractivity contribution in [3.63, 3.8) is 0 Å². The minimum Gasteiger partial charge on any atom is -0.393 e. The molecule has 0 aliphatic heterocycles. The second-order valence-corrected chi connectivity index (χ2v) is 6.60. The summed E-state index contributed by atoms with van der Waals surface area (Å²) in [5.41, 5.74) is 0. The van der Waals surface area contributed by atoms with Crippen LogP contribution in [0.15, 0.2) is 0 Å². The summed E-state index contributed by atoms with van der Waals surface area (Å²) in [6.07, 6.45) is 8.65. The Bertz CT molecular complexity index is 162. The van der Waals surface area contributed by atoms with Gasteiger partial charge in [0.25, 0.3) is 0 Å². The van der Waals surface area contributed by atoms with Crippen LogP contribution in [0.25, 0.3) is 0 Å². The molecule has 2 nitrogen and oxygen atoms in total. The summed E-state index contributed by atoms with van der Waals surface area (Å²) in [6.45, 7) is 0. The van der Waals surface area contributed by atoms with Crippen molar-refractivity contribution < 1.29 is 10.2 Å². The van der Waals surface area contributed by atoms with Crippen molar-refractivity contribution in [3.8, 4) is 0 Å². The Kier molecular flexibility index (Phi) is 4.35. The summed E-state index contributed by atoms with van der Waals surface area (Å²) in [5.74, 6) is 0. The van der Waals surface area contributed by atoms with E-state index in [0.717, 1.165) is 36.2 Å². The van der Waals surface area contributed by atoms with E-state index in [-0.39, 0.29) is 12.2 Å². The normalized spacial score (nSPS) is 42.8. The summed E-state index contributed by atoms with van der Waals surface area (Å²) in [6, 6.07) is 0. The van der Waals surface area contributed by atoms with Crippen LogP contribution in [0.3, 0.4) is 0 Å². The van der Waals surface area contributed by atoms with Gasteiger partial charge in [0.1, 0.15) is 0 Å². The molecule has 0 saturated heterocycles. The molecule has 2 saturated carbocycles. The highest BCUT2D eigenvalue weighted by Gasteiger charge is 2.25. The predicted molar refractivity (Wildman–Crippen MR) is 64.1 cm³/mol. The van der Waals surface area contributed by atoms with Crippen LogP contribution in [0.1, 0.15) is 51.4 Å². The Morgan fingerprint density at radius 2 is 0.933 bits per heavy atom. The first-order valence-electron chi connectivity index (χ1n) is 6.25. The van der Waals surface area contributed by atoms with Gasteiger partial charge in [-0.1, -0.05) is 0 Å². The summed E-state index contributed by atoms with van der Waals surface area (Å²) in [5, 5.41) is 20.4. The Morgan fingerprint density at radius 3 is 1.27 bits per heavy atom. The van der Waals surface area contributed by atoms with Gasteiger partial charge < -0.3 is 10.2 Å². The van der Waals surface area contributed by atoms with E-state index in [2.05, 4.69) is 11.8 Å². The van der Waals surface area contributed by atoms with Gasteiger partial charge in [-0.15, -0.1) is 0 Å². The molecule has 0 atom stereocenters. The Hall–Kier alpha value is 0.270. The maximum atomic E-state index is 9.43. The third-order valence-corrected chi connectivity index (χ3v) is 5.38. The lowest BCUT2D eigenvalue weighted by molar-refractivity contribution is 0.129. The average Bonchev–Trinajstić information content (AvgIpc) is 2.25. The van der Waals surface area contributed by atoms with Crippen LogP contribution >= 0.6 is 11.8 Å². The van der Waals surface area contributed by atoms with Gasteiger partial charge in [0, 0.05) is 10.5 Å². The van der Waals surface area contributed by atoms with E-state index in [4.69, 9.17) is 0 Å². The molecular formula is C12H22O2S. The highest BCUT2D eigenvalue weighted by Crippen LogP contribution is 2.37. The van der Waals surface area contributed by atoms with E-state index in [9.17, 15) is 10.2 Å². The van der Waals surface area contributed by atoms with Crippen molar-refractivity contribution in [2.24, 2.45) is 0 Å². The number of thioether (sulfide) groups is 1. The standard InChI is InChI=1S/C12H22O2S/c13-9-1-5-11(6-2-9)15-12-7-3-10(14)4-8-12/h9-14H,1-8H2. The van der Waals surface area contributed by atoms with Gasteiger partial charge in [-0.3, -0.25) is 0 Å². The molecule has 2 aliphatic rings. The van der Waals surface area contributed by atoms with E-state index in [0.29, 0.717) is 0 Å². The fraction of sp³-hybridized carbons (Fsp3) is 1.00. The molecule has 2 fully saturated rings. The maximum absolute atomic E-state index is 9.43. The second-order valence-electron chi connectivity index (χ2n) is 5.00. The van der Waals surface area contributed by atoms with Crippen LogP contribution in [-0.4, -0.2) is 32.9 Å². The molecule has 0 amide bonds. The Morgan fingerprint density at radius 1 is 0.600 bits per heavy atom. The molecule has 0 aromatic rings. The van der Waals surface area contributed by atoms with Gasteiger partial charge in [0.15, 0.2) is 0 Å². The third kappa shape index (κ3) is 3.65. The zero-order chi connectivity index (χ0) is 10.7. The summed E-state index contributed by atoms with van der Waals surface area (Å²) in [7, 11) is 0. The smallest absolute Gasteiger partial charge is 0.0541 e. The maximum Gasteiger partial charge on any atom is 0.0541 e. The van der Waals surface area contributed by atoms with Crippen LogP contribution in [0.4, 0.5) is 0 Å². The number of aliphatic hydroxyl groups is 2. The highest BCUT2D eigenvalue weighted by atomic mass is 32.2. The van der Waals surface area contributed by atoms with E-state index in [1.54, 1.807) is 0 Å². The summed E-state index contributed by atoms with van der Waals surface area (Å²) >= 11 is 2.12. The lowest BCUT2D eigenvalue weighted by Gasteiger charge is -2.31. The van der Waals surface area contributed by atoms with Gasteiger partial charge in [-0.2, -0.15) is 11.8 Å². The Balaban J connectivity index is 1.68. The SMILES string of the molecule is OC1CCC(SC2CCC(O)CC2)CC1. The number of hydrogen-bond donors (Lipinski definition) is 2. The molecule has 2 N–H and O–H groups in total. The predicted octanol–water partition coefficient (Wildman–Crippen LogP) is 2.33. The number of rotatable bonds is 2. The topological polar surface area (TPSA) is 40.5 Å². The largest absolute Gasteiger partial charge is 0.393 e. The Labute approximate surface area is 96.5 Å². The monoisotopic (exact) mass is 230 g/mol. The minimum absolute atomic E-state index is 0.0324. The van der Waals surface area contributed by atoms with E-state index < -0.39 is 0 Å². The van der Waals surface area contributed by atoms with E-state index in [1.165, 1.54) is 25.7 Å². The number of aliphatic hydroxyl groups excluding tert-OH is 2. The van der Waals surface area contributed by atoms with Gasteiger partial charge in [0.2, 0.25) is 0 Å². The molecule has 0 unspecified atom stereocenters. The van der Waals surface area contributed by atoms with Crippen LogP contribution in [0.2, 0.25) is 0 Å². The first kappa shape index (κ1) is 11.7. The molecule has 15 heavy (non-hydrogen) atoms. The fourth-order valence-electron chi connectivity index (χ4n) is 2.63. The van der Waals surface area contributed by atoms with Crippen molar-refractivity contribution in [1.29, 1.82) is 0 Å². The van der Waals surface area contributed by atoms with Gasteiger partial charge in [0.05, 0.1) is 12.2 Å². The first-order valence-corrected chi connectivity index (χ1v) is 7.20. The molecule has 2 aliphatic carbocycles. The van der Waals surface area contributed by atoms with Gasteiger partial charge in [-0.05, 0) is 51.4 Å². The zero-order valence-corrected chi connectivity index (χ0v) is 10.1. The van der Waals surface area contributed by atoms with Crippen molar-refractivity contribution in [1.82, 2.24) is 0 Å². The zero-order valence-electron chi connectivity index (χ0n) is 9.27. The average molecular weight is 230 g/mol. The van der Waals surface area contributed by atoms with Crippen molar-refractivity contribution in [2.45, 2.75) is 74.1 Å². The lowest BCUT2D eigenvalue weighted by atomic mass is 9.97. The lowest BCUT2D eigenvalue weighted by Crippen LogP contribution is -2.25. The fourth-order valence-corrected chi connectivity index (χ4v) is 4.27. The van der Waals surface area contributed by atoms with Crippen LogP contribution in [-0.2, 0) is 0 Å². The van der Waals surface area contributed by atoms with Crippen LogP contribution in [0.5, 0.6) is 0 Å². The van der Waals surface area contributed by atoms with Gasteiger partial charge in [-0.25, -0.2) is 0 Å². The van der Waals surface area contributed by atoms with Gasteiger partial charge >= 0.3 is 0 Å². The molecule has 0 spiro atoms. The van der Waals surface area contributed by atoms with Crippen molar-refractivity contribution >= 4 is 11.8 Å². The van der Waals surface area contributed by atoms with Crippen molar-refractivity contribution in [2.75, 3.05) is 0 Å². The van der Waals surface area contributed by atoms with E-state index >= 15 is 0 Å². The van der Waals surface area contributed by atoms with E-state index in [1.807, 2.05) is 0 Å². The highest BCUT2D eigenvalue weighted by molar-refractivity contribution is 8.00. The molecule has 0 radical (unpaired) electrons. The quantitative estimate of drug-likeness (QED) is 0.765. The summed E-state index contributed by atoms with van der Waals surface area (Å²) < 4.78 is 0. The molecule has 0 heterocycles. The first-order chi connectivity index (χ1) is 7.24. The second kappa shape index (κ2) is 5.55. The van der Waals surface area contributed by atoms with Crippen molar-refractivity contribution in [3.05, 3.63) is 0 Å². The molecule has 2 rings (SSSR count). The molecular weight excluding hydrogens is 208 g/mol. The molecule has 88 valence electrons. The molecule has 0 aromatic heterocycles. The molecule has 3 heteroatoms. The van der Waals surface area contributed by atoms with Crippen LogP contribution in [0, 0.1) is 0 Å². The minimum atomic E-state index is -0.0324. The summed E-state index contributed by atoms with van der Waals surface area (Å²) in [4.78, 5) is 0. The molecule has 0 aromatic carbocycles.